The number of thiophene rings is 2. The number of nitrogens with zero attached hydrogens (tertiary/aromatic N) is 1. The molecule has 0 aliphatic rings. The molecule has 0 aliphatic heterocycles. The molecule has 3 heteroatoms. The van der Waals surface area contributed by atoms with Crippen LogP contribution < -0.4 is 4.57 Å². The molecular formula is C13H14NS2+. The Balaban J connectivity index is 2.57. The molecule has 3 aromatic heterocycles. The molecule has 82 valence electrons. The molecule has 16 heavy (non-hydrogen) atoms. The van der Waals surface area contributed by atoms with E-state index in [0.717, 1.165) is 6.42 Å². The maximum Gasteiger partial charge on any atom is 0.190 e. The van der Waals surface area contributed by atoms with Crippen LogP contribution >= 0.6 is 22.7 Å². The zero-order valence-electron chi connectivity index (χ0n) is 9.70. The largest absolute Gasteiger partial charge is 0.204 e. The summed E-state index contributed by atoms with van der Waals surface area (Å²) in [4.78, 5) is 0. The first-order valence-electron chi connectivity index (χ1n) is 5.50. The van der Waals surface area contributed by atoms with Crippen LogP contribution in [-0.4, -0.2) is 0 Å². The van der Waals surface area contributed by atoms with Crippen molar-refractivity contribution in [2.45, 2.75) is 20.3 Å². The van der Waals surface area contributed by atoms with Crippen molar-refractivity contribution in [3.05, 3.63) is 28.9 Å². The number of fused-ring (bicyclic) bond motifs is 3. The first-order valence-corrected chi connectivity index (χ1v) is 7.19. The van der Waals surface area contributed by atoms with E-state index >= 15 is 0 Å². The van der Waals surface area contributed by atoms with Crippen molar-refractivity contribution < 1.29 is 4.57 Å². The summed E-state index contributed by atoms with van der Waals surface area (Å²) in [6, 6.07) is 2.24. The van der Waals surface area contributed by atoms with Gasteiger partial charge in [-0.3, -0.25) is 0 Å². The van der Waals surface area contributed by atoms with E-state index in [-0.39, 0.29) is 0 Å². The van der Waals surface area contributed by atoms with Crippen LogP contribution in [0.1, 0.15) is 18.2 Å². The Kier molecular flexibility index (Phi) is 2.26. The molecule has 0 aliphatic carbocycles. The third kappa shape index (κ3) is 1.25. The number of hydrogen-bond donors (Lipinski definition) is 0. The van der Waals surface area contributed by atoms with E-state index in [4.69, 9.17) is 0 Å². The number of aryl methyl sites for hydroxylation is 3. The molecule has 0 N–H and O–H groups in total. The van der Waals surface area contributed by atoms with Crippen LogP contribution in [0.15, 0.2) is 17.6 Å². The smallest absolute Gasteiger partial charge is 0.190 e. The summed E-state index contributed by atoms with van der Waals surface area (Å²) in [7, 11) is 2.14. The fourth-order valence-electron chi connectivity index (χ4n) is 2.27. The topological polar surface area (TPSA) is 3.88 Å². The average molecular weight is 248 g/mol. The summed E-state index contributed by atoms with van der Waals surface area (Å²) >= 11 is 3.82. The van der Waals surface area contributed by atoms with Gasteiger partial charge >= 0.3 is 0 Å². The predicted octanol–water partition coefficient (Wildman–Crippen LogP) is 3.81. The highest BCUT2D eigenvalue weighted by Crippen LogP contribution is 2.40. The highest BCUT2D eigenvalue weighted by Gasteiger charge is 2.17. The predicted molar refractivity (Wildman–Crippen MR) is 72.5 cm³/mol. The summed E-state index contributed by atoms with van der Waals surface area (Å²) in [5.41, 5.74) is 2.87. The van der Waals surface area contributed by atoms with Crippen molar-refractivity contribution in [1.29, 1.82) is 0 Å². The van der Waals surface area contributed by atoms with Crippen molar-refractivity contribution in [3.8, 4) is 0 Å². The molecule has 0 amide bonds. The second-order valence-electron chi connectivity index (χ2n) is 4.15. The first-order chi connectivity index (χ1) is 7.72. The van der Waals surface area contributed by atoms with Crippen molar-refractivity contribution >= 4 is 42.2 Å². The molecule has 0 unspecified atom stereocenters. The van der Waals surface area contributed by atoms with Crippen molar-refractivity contribution in [1.82, 2.24) is 0 Å². The van der Waals surface area contributed by atoms with Crippen molar-refractivity contribution in [2.24, 2.45) is 7.05 Å². The summed E-state index contributed by atoms with van der Waals surface area (Å²) in [5, 5.41) is 3.75. The lowest BCUT2D eigenvalue weighted by Crippen LogP contribution is -2.32. The van der Waals surface area contributed by atoms with Crippen molar-refractivity contribution in [3.63, 3.8) is 0 Å². The van der Waals surface area contributed by atoms with Gasteiger partial charge in [-0.05, 0) is 17.9 Å². The minimum absolute atomic E-state index is 1.09. The van der Waals surface area contributed by atoms with Crippen LogP contribution in [0, 0.1) is 6.92 Å². The van der Waals surface area contributed by atoms with Gasteiger partial charge in [0, 0.05) is 21.9 Å². The summed E-state index contributed by atoms with van der Waals surface area (Å²) in [6.45, 7) is 4.44. The van der Waals surface area contributed by atoms with Crippen LogP contribution in [0.3, 0.4) is 0 Å². The Morgan fingerprint density at radius 2 is 2.12 bits per heavy atom. The van der Waals surface area contributed by atoms with Gasteiger partial charge < -0.3 is 0 Å². The lowest BCUT2D eigenvalue weighted by Gasteiger charge is -1.97. The van der Waals surface area contributed by atoms with Gasteiger partial charge in [-0.25, -0.2) is 4.57 Å². The Bertz CT molecular complexity index is 676. The minimum atomic E-state index is 1.09. The Morgan fingerprint density at radius 3 is 2.88 bits per heavy atom. The third-order valence-corrected chi connectivity index (χ3v) is 5.64. The molecule has 3 rings (SSSR count). The summed E-state index contributed by atoms with van der Waals surface area (Å²) < 4.78 is 6.63. The fraction of sp³-hybridized carbons (Fsp3) is 0.308. The fourth-order valence-corrected chi connectivity index (χ4v) is 4.79. The van der Waals surface area contributed by atoms with Crippen LogP contribution in [0.25, 0.3) is 19.5 Å². The van der Waals surface area contributed by atoms with E-state index in [1.165, 1.54) is 30.7 Å². The zero-order valence-corrected chi connectivity index (χ0v) is 11.3. The molecular weight excluding hydrogens is 234 g/mol. The van der Waals surface area contributed by atoms with Gasteiger partial charge in [0.2, 0.25) is 0 Å². The molecule has 0 saturated carbocycles. The van der Waals surface area contributed by atoms with Crippen molar-refractivity contribution in [2.75, 3.05) is 0 Å². The van der Waals surface area contributed by atoms with Crippen LogP contribution in [0.2, 0.25) is 0 Å². The molecule has 1 nitrogen and oxygen atoms in total. The maximum atomic E-state index is 2.27. The lowest BCUT2D eigenvalue weighted by atomic mass is 10.2. The molecule has 0 radical (unpaired) electrons. The standard InChI is InChI=1S/C13H14NS2/c1-4-9-11-10(5-6-14(9)3)16-12-8(2)7-15-13(11)12/h5-7H,4H2,1-3H3/q+1. The molecule has 3 aromatic rings. The van der Waals surface area contributed by atoms with Gasteiger partial charge in [-0.2, -0.15) is 0 Å². The summed E-state index contributed by atoms with van der Waals surface area (Å²) in [5.74, 6) is 0. The molecule has 0 atom stereocenters. The highest BCUT2D eigenvalue weighted by molar-refractivity contribution is 7.32. The van der Waals surface area contributed by atoms with Gasteiger partial charge in [0.15, 0.2) is 11.9 Å². The third-order valence-electron chi connectivity index (χ3n) is 3.10. The average Bonchev–Trinajstić information content (AvgIpc) is 2.80. The number of rotatable bonds is 1. The quantitative estimate of drug-likeness (QED) is 0.577. The molecule has 0 aromatic carbocycles. The Hall–Kier alpha value is -0.930. The molecule has 3 heterocycles. The lowest BCUT2D eigenvalue weighted by molar-refractivity contribution is -0.677. The second kappa shape index (κ2) is 3.54. The number of pyridine rings is 1. The van der Waals surface area contributed by atoms with E-state index in [0.29, 0.717) is 0 Å². The summed E-state index contributed by atoms with van der Waals surface area (Å²) in [6.07, 6.45) is 3.27. The Morgan fingerprint density at radius 1 is 1.31 bits per heavy atom. The van der Waals surface area contributed by atoms with Crippen LogP contribution in [-0.2, 0) is 13.5 Å². The molecule has 0 saturated heterocycles. The van der Waals surface area contributed by atoms with Gasteiger partial charge in [-0.15, -0.1) is 22.7 Å². The zero-order chi connectivity index (χ0) is 11.3. The van der Waals surface area contributed by atoms with E-state index in [1.54, 1.807) is 0 Å². The molecule has 0 spiro atoms. The molecule has 0 bridgehead atoms. The normalized spacial score (nSPS) is 11.7. The van der Waals surface area contributed by atoms with E-state index in [1.807, 2.05) is 22.7 Å². The highest BCUT2D eigenvalue weighted by atomic mass is 32.1. The van der Waals surface area contributed by atoms with E-state index in [9.17, 15) is 0 Å². The van der Waals surface area contributed by atoms with E-state index in [2.05, 4.69) is 43.1 Å². The van der Waals surface area contributed by atoms with Gasteiger partial charge in [0.05, 0.1) is 10.1 Å². The van der Waals surface area contributed by atoms with Crippen LogP contribution in [0.5, 0.6) is 0 Å². The first kappa shape index (κ1) is 10.2. The second-order valence-corrected chi connectivity index (χ2v) is 6.08. The number of hydrogen-bond acceptors (Lipinski definition) is 2. The minimum Gasteiger partial charge on any atom is -0.204 e. The maximum absolute atomic E-state index is 2.27. The number of aromatic nitrogens is 1. The van der Waals surface area contributed by atoms with Gasteiger partial charge in [0.25, 0.3) is 0 Å². The van der Waals surface area contributed by atoms with E-state index < -0.39 is 0 Å². The van der Waals surface area contributed by atoms with Gasteiger partial charge in [0.1, 0.15) is 7.05 Å². The Labute approximate surface area is 103 Å². The molecule has 0 fully saturated rings. The van der Waals surface area contributed by atoms with Gasteiger partial charge in [-0.1, -0.05) is 6.92 Å². The van der Waals surface area contributed by atoms with Crippen LogP contribution in [0.4, 0.5) is 0 Å². The SMILES string of the molecule is CCc1c2c(cc[n+]1C)sc1c(C)csc12. The monoisotopic (exact) mass is 248 g/mol.